The maximum atomic E-state index is 9.62. The fraction of sp³-hybridized carbons (Fsp3) is 0.278. The van der Waals surface area contributed by atoms with E-state index in [2.05, 4.69) is 43.1 Å². The molecule has 1 atom stereocenters. The molecule has 2 nitrogen and oxygen atoms in total. The Morgan fingerprint density at radius 2 is 1.80 bits per heavy atom. The molecule has 0 aliphatic rings. The van der Waals surface area contributed by atoms with E-state index < -0.39 is 0 Å². The molecule has 2 aromatic carbocycles. The average Bonchev–Trinajstić information content (AvgIpc) is 2.49. The van der Waals surface area contributed by atoms with Crippen molar-refractivity contribution in [1.29, 1.82) is 0 Å². The van der Waals surface area contributed by atoms with Crippen molar-refractivity contribution in [3.8, 4) is 5.75 Å². The highest BCUT2D eigenvalue weighted by Gasteiger charge is 2.02. The minimum absolute atomic E-state index is 0.218. The Labute approximate surface area is 120 Å². The van der Waals surface area contributed by atoms with Gasteiger partial charge in [-0.15, -0.1) is 0 Å². The highest BCUT2D eigenvalue weighted by atomic mass is 16.3. The SMILES string of the molecule is CCC(C)c1ccc(CC=Nc2ccccc2O)cc1. The van der Waals surface area contributed by atoms with Crippen molar-refractivity contribution in [3.63, 3.8) is 0 Å². The molecule has 0 fully saturated rings. The first-order valence-corrected chi connectivity index (χ1v) is 7.10. The number of nitrogens with zero attached hydrogens (tertiary/aromatic N) is 1. The van der Waals surface area contributed by atoms with Crippen molar-refractivity contribution in [1.82, 2.24) is 0 Å². The first kappa shape index (κ1) is 14.3. The molecule has 1 N–H and O–H groups in total. The fourth-order valence-corrected chi connectivity index (χ4v) is 2.04. The van der Waals surface area contributed by atoms with Crippen molar-refractivity contribution < 1.29 is 5.11 Å². The number of aromatic hydroxyl groups is 1. The summed E-state index contributed by atoms with van der Waals surface area (Å²) in [6.45, 7) is 4.45. The van der Waals surface area contributed by atoms with Crippen molar-refractivity contribution in [2.45, 2.75) is 32.6 Å². The van der Waals surface area contributed by atoms with E-state index in [9.17, 15) is 5.11 Å². The van der Waals surface area contributed by atoms with Crippen LogP contribution in [-0.2, 0) is 6.42 Å². The van der Waals surface area contributed by atoms with Gasteiger partial charge in [0.2, 0.25) is 0 Å². The third-order valence-electron chi connectivity index (χ3n) is 3.60. The summed E-state index contributed by atoms with van der Waals surface area (Å²) in [5, 5.41) is 9.62. The van der Waals surface area contributed by atoms with E-state index in [0.29, 0.717) is 11.6 Å². The quantitative estimate of drug-likeness (QED) is 0.772. The van der Waals surface area contributed by atoms with E-state index in [0.717, 1.165) is 12.8 Å². The van der Waals surface area contributed by atoms with Crippen LogP contribution in [0.15, 0.2) is 53.5 Å². The van der Waals surface area contributed by atoms with Crippen LogP contribution in [0.25, 0.3) is 0 Å². The maximum absolute atomic E-state index is 9.62. The third kappa shape index (κ3) is 3.70. The fourth-order valence-electron chi connectivity index (χ4n) is 2.04. The lowest BCUT2D eigenvalue weighted by molar-refractivity contribution is 0.477. The molecule has 0 amide bonds. The van der Waals surface area contributed by atoms with E-state index in [1.54, 1.807) is 18.2 Å². The average molecular weight is 267 g/mol. The van der Waals surface area contributed by atoms with E-state index in [1.165, 1.54) is 11.1 Å². The molecule has 1 unspecified atom stereocenters. The van der Waals surface area contributed by atoms with Crippen LogP contribution in [-0.4, -0.2) is 11.3 Å². The van der Waals surface area contributed by atoms with Crippen molar-refractivity contribution in [2.75, 3.05) is 0 Å². The Morgan fingerprint density at radius 3 is 2.45 bits per heavy atom. The van der Waals surface area contributed by atoms with Gasteiger partial charge in [-0.25, -0.2) is 0 Å². The van der Waals surface area contributed by atoms with Crippen LogP contribution in [0, 0.1) is 0 Å². The van der Waals surface area contributed by atoms with Gasteiger partial charge in [0.1, 0.15) is 11.4 Å². The van der Waals surface area contributed by atoms with Crippen LogP contribution >= 0.6 is 0 Å². The second-order valence-corrected chi connectivity index (χ2v) is 5.06. The summed E-state index contributed by atoms with van der Waals surface area (Å²) in [5.41, 5.74) is 3.23. The molecule has 20 heavy (non-hydrogen) atoms. The highest BCUT2D eigenvalue weighted by molar-refractivity contribution is 5.68. The van der Waals surface area contributed by atoms with Gasteiger partial charge in [0.25, 0.3) is 0 Å². The number of hydrogen-bond acceptors (Lipinski definition) is 2. The van der Waals surface area contributed by atoms with Gasteiger partial charge in [-0.1, -0.05) is 50.2 Å². The van der Waals surface area contributed by atoms with Gasteiger partial charge >= 0.3 is 0 Å². The zero-order valence-corrected chi connectivity index (χ0v) is 12.1. The first-order chi connectivity index (χ1) is 9.70. The molecule has 104 valence electrons. The molecule has 0 radical (unpaired) electrons. The predicted molar refractivity (Wildman–Crippen MR) is 85.1 cm³/mol. The molecule has 2 aromatic rings. The molecule has 0 spiro atoms. The number of para-hydroxylation sites is 2. The van der Waals surface area contributed by atoms with Crippen molar-refractivity contribution >= 4 is 11.9 Å². The van der Waals surface area contributed by atoms with Crippen LogP contribution in [0.1, 0.15) is 37.3 Å². The number of phenols is 1. The molecule has 0 bridgehead atoms. The zero-order valence-electron chi connectivity index (χ0n) is 12.1. The Balaban J connectivity index is 1.99. The molecular weight excluding hydrogens is 246 g/mol. The zero-order chi connectivity index (χ0) is 14.4. The number of rotatable bonds is 5. The van der Waals surface area contributed by atoms with Crippen LogP contribution in [0.5, 0.6) is 5.75 Å². The summed E-state index contributed by atoms with van der Waals surface area (Å²) in [5.74, 6) is 0.829. The Bertz CT molecular complexity index is 572. The van der Waals surface area contributed by atoms with Crippen LogP contribution < -0.4 is 0 Å². The summed E-state index contributed by atoms with van der Waals surface area (Å²) in [7, 11) is 0. The summed E-state index contributed by atoms with van der Waals surface area (Å²) in [6, 6.07) is 15.8. The number of benzene rings is 2. The molecule has 0 aliphatic carbocycles. The summed E-state index contributed by atoms with van der Waals surface area (Å²) >= 11 is 0. The highest BCUT2D eigenvalue weighted by Crippen LogP contribution is 2.24. The van der Waals surface area contributed by atoms with Crippen LogP contribution in [0.2, 0.25) is 0 Å². The van der Waals surface area contributed by atoms with Crippen LogP contribution in [0.3, 0.4) is 0 Å². The Kier molecular flexibility index (Phi) is 4.94. The van der Waals surface area contributed by atoms with Gasteiger partial charge in [0.15, 0.2) is 0 Å². The third-order valence-corrected chi connectivity index (χ3v) is 3.60. The first-order valence-electron chi connectivity index (χ1n) is 7.10. The van der Waals surface area contributed by atoms with Gasteiger partial charge in [-0.3, -0.25) is 4.99 Å². The monoisotopic (exact) mass is 267 g/mol. The van der Waals surface area contributed by atoms with Gasteiger partial charge in [0.05, 0.1) is 0 Å². The number of hydrogen-bond donors (Lipinski definition) is 1. The Hall–Kier alpha value is -2.09. The molecule has 0 aliphatic heterocycles. The Morgan fingerprint density at radius 1 is 1.10 bits per heavy atom. The lowest BCUT2D eigenvalue weighted by Crippen LogP contribution is -1.92. The van der Waals surface area contributed by atoms with Crippen molar-refractivity contribution in [2.24, 2.45) is 4.99 Å². The smallest absolute Gasteiger partial charge is 0.141 e. The molecule has 2 heteroatoms. The summed E-state index contributed by atoms with van der Waals surface area (Å²) < 4.78 is 0. The largest absolute Gasteiger partial charge is 0.506 e. The molecule has 0 saturated heterocycles. The van der Waals surface area contributed by atoms with Gasteiger partial charge in [-0.2, -0.15) is 0 Å². The van der Waals surface area contributed by atoms with E-state index in [-0.39, 0.29) is 5.75 Å². The van der Waals surface area contributed by atoms with Crippen molar-refractivity contribution in [3.05, 3.63) is 59.7 Å². The van der Waals surface area contributed by atoms with E-state index >= 15 is 0 Å². The van der Waals surface area contributed by atoms with Gasteiger partial charge in [0, 0.05) is 12.6 Å². The van der Waals surface area contributed by atoms with Crippen LogP contribution in [0.4, 0.5) is 5.69 Å². The minimum Gasteiger partial charge on any atom is -0.506 e. The second-order valence-electron chi connectivity index (χ2n) is 5.06. The number of aliphatic imine (C=N–C) groups is 1. The number of phenolic OH excluding ortho intramolecular Hbond substituents is 1. The molecular formula is C18H21NO. The molecule has 2 rings (SSSR count). The topological polar surface area (TPSA) is 32.6 Å². The second kappa shape index (κ2) is 6.90. The lowest BCUT2D eigenvalue weighted by Gasteiger charge is -2.08. The molecule has 0 saturated carbocycles. The summed E-state index contributed by atoms with van der Waals surface area (Å²) in [4.78, 5) is 4.30. The van der Waals surface area contributed by atoms with E-state index in [1.807, 2.05) is 12.3 Å². The maximum Gasteiger partial charge on any atom is 0.141 e. The minimum atomic E-state index is 0.218. The predicted octanol–water partition coefficient (Wildman–Crippen LogP) is 4.85. The normalized spacial score (nSPS) is 12.7. The van der Waals surface area contributed by atoms with Gasteiger partial charge in [-0.05, 0) is 35.6 Å². The molecule has 0 heterocycles. The lowest BCUT2D eigenvalue weighted by atomic mass is 9.97. The summed E-state index contributed by atoms with van der Waals surface area (Å²) in [6.07, 6.45) is 3.77. The standard InChI is InChI=1S/C18H21NO/c1-3-14(2)16-10-8-15(9-11-16)12-13-19-17-6-4-5-7-18(17)20/h4-11,13-14,20H,3,12H2,1-2H3. The van der Waals surface area contributed by atoms with Gasteiger partial charge < -0.3 is 5.11 Å². The molecule has 0 aromatic heterocycles. The van der Waals surface area contributed by atoms with E-state index in [4.69, 9.17) is 0 Å².